The third-order valence-electron chi connectivity index (χ3n) is 4.86. The molecule has 1 aliphatic heterocycles. The van der Waals surface area contributed by atoms with Crippen molar-refractivity contribution >= 4 is 45.0 Å². The molecule has 9 heteroatoms. The quantitative estimate of drug-likeness (QED) is 0.520. The van der Waals surface area contributed by atoms with E-state index in [1.54, 1.807) is 24.3 Å². The van der Waals surface area contributed by atoms with Gasteiger partial charge < -0.3 is 13.9 Å². The summed E-state index contributed by atoms with van der Waals surface area (Å²) in [4.78, 5) is 23.3. The van der Waals surface area contributed by atoms with E-state index >= 15 is 0 Å². The van der Waals surface area contributed by atoms with Crippen LogP contribution in [0.15, 0.2) is 58.1 Å². The first-order valence-corrected chi connectivity index (χ1v) is 10.2. The second-order valence-corrected chi connectivity index (χ2v) is 7.85. The van der Waals surface area contributed by atoms with E-state index < -0.39 is 23.1 Å². The molecule has 0 saturated carbocycles. The summed E-state index contributed by atoms with van der Waals surface area (Å²) in [7, 11) is 0. The van der Waals surface area contributed by atoms with Crippen LogP contribution < -0.4 is 9.62 Å². The monoisotopic (exact) mass is 410 g/mol. The highest BCUT2D eigenvalue weighted by Gasteiger charge is 2.24. The predicted molar refractivity (Wildman–Crippen MR) is 106 cm³/mol. The number of furan rings is 1. The zero-order valence-corrected chi connectivity index (χ0v) is 15.9. The molecule has 4 aromatic rings. The highest BCUT2D eigenvalue weighted by atomic mass is 32.2. The summed E-state index contributed by atoms with van der Waals surface area (Å²) >= 11 is -1.88. The summed E-state index contributed by atoms with van der Waals surface area (Å²) in [5.74, 6) is -1.28. The van der Waals surface area contributed by atoms with Gasteiger partial charge in [0.2, 0.25) is 4.90 Å². The maximum atomic E-state index is 14.5. The molecule has 3 heterocycles. The average molecular weight is 410 g/mol. The molecular formula is C20H15FN4O3S. The predicted octanol–water partition coefficient (Wildman–Crippen LogP) is 3.18. The van der Waals surface area contributed by atoms with Gasteiger partial charge in [0.15, 0.2) is 5.76 Å². The molecule has 1 fully saturated rings. The van der Waals surface area contributed by atoms with Crippen molar-refractivity contribution in [3.8, 4) is 0 Å². The number of fused-ring (bicyclic) bond motifs is 2. The lowest BCUT2D eigenvalue weighted by atomic mass is 10.1. The lowest BCUT2D eigenvalue weighted by Gasteiger charge is -2.33. The summed E-state index contributed by atoms with van der Waals surface area (Å²) < 4.78 is 35.1. The number of benzene rings is 2. The Morgan fingerprint density at radius 3 is 2.83 bits per heavy atom. The number of nitrogens with zero attached hydrogens (tertiary/aromatic N) is 3. The largest absolute Gasteiger partial charge is 0.588 e. The second kappa shape index (κ2) is 7.02. The van der Waals surface area contributed by atoms with Gasteiger partial charge in [0.1, 0.15) is 28.3 Å². The summed E-state index contributed by atoms with van der Waals surface area (Å²) in [5, 5.41) is 0.209. The number of aromatic nitrogens is 2. The fourth-order valence-electron chi connectivity index (χ4n) is 3.26. The van der Waals surface area contributed by atoms with Gasteiger partial charge in [-0.05, 0) is 24.6 Å². The third kappa shape index (κ3) is 3.18. The van der Waals surface area contributed by atoms with Gasteiger partial charge in [-0.15, -0.1) is 0 Å². The van der Waals surface area contributed by atoms with Crippen molar-refractivity contribution in [2.75, 3.05) is 18.0 Å². The van der Waals surface area contributed by atoms with E-state index in [1.807, 2.05) is 4.90 Å². The van der Waals surface area contributed by atoms with Crippen molar-refractivity contribution < 1.29 is 18.2 Å². The van der Waals surface area contributed by atoms with Gasteiger partial charge in [0, 0.05) is 43.3 Å². The van der Waals surface area contributed by atoms with Crippen LogP contribution in [0.3, 0.4) is 0 Å². The number of carbonyl (C=O) groups is 1. The van der Waals surface area contributed by atoms with E-state index in [1.165, 1.54) is 24.5 Å². The highest BCUT2D eigenvalue weighted by molar-refractivity contribution is 7.90. The van der Waals surface area contributed by atoms with Gasteiger partial charge >= 0.3 is 5.91 Å². The van der Waals surface area contributed by atoms with Crippen LogP contribution >= 0.6 is 0 Å². The smallest absolute Gasteiger partial charge is 0.328 e. The molecule has 1 amide bonds. The minimum absolute atomic E-state index is 0.112. The molecule has 7 nitrogen and oxygen atoms in total. The second-order valence-electron chi connectivity index (χ2n) is 6.67. The lowest BCUT2D eigenvalue weighted by molar-refractivity contribution is 0.0956. The van der Waals surface area contributed by atoms with Crippen molar-refractivity contribution in [3.63, 3.8) is 0 Å². The third-order valence-corrected chi connectivity index (χ3v) is 5.96. The lowest BCUT2D eigenvalue weighted by Crippen LogP contribution is -2.36. The van der Waals surface area contributed by atoms with Crippen LogP contribution in [-0.4, -0.2) is 33.5 Å². The number of nitrogens with one attached hydrogen (secondary N) is 1. The summed E-state index contributed by atoms with van der Waals surface area (Å²) in [6.07, 6.45) is 4.09. The van der Waals surface area contributed by atoms with Crippen LogP contribution in [0, 0.1) is 5.82 Å². The summed E-state index contributed by atoms with van der Waals surface area (Å²) in [5.41, 5.74) is 2.00. The summed E-state index contributed by atoms with van der Waals surface area (Å²) in [6, 6.07) is 9.50. The molecule has 0 aliphatic carbocycles. The molecule has 1 aliphatic rings. The Labute approximate surface area is 167 Å². The van der Waals surface area contributed by atoms with Gasteiger partial charge in [-0.2, -0.15) is 4.72 Å². The maximum absolute atomic E-state index is 14.5. The molecule has 146 valence electrons. The number of para-hydroxylation sites is 1. The normalized spacial score (nSPS) is 14.8. The molecule has 0 bridgehead atoms. The number of anilines is 1. The van der Waals surface area contributed by atoms with Gasteiger partial charge in [0.25, 0.3) is 0 Å². The zero-order chi connectivity index (χ0) is 20.0. The Balaban J connectivity index is 1.42. The number of carbonyl (C=O) groups excluding carboxylic acids is 1. The maximum Gasteiger partial charge on any atom is 0.328 e. The Hall–Kier alpha value is -3.17. The first kappa shape index (κ1) is 17.9. The zero-order valence-electron chi connectivity index (χ0n) is 15.1. The standard InChI is InChI=1S/C20H15FN4O3S/c21-14-9-12(25-7-2-8-25)10-16-13(14)11-17(28-16)20(26)24-29(27)18-4-1-3-15-19(18)23-6-5-22-15/h1,3-6,9-11H,2,7-8H2,(H,24,26). The Morgan fingerprint density at radius 2 is 2.03 bits per heavy atom. The molecule has 1 atom stereocenters. The minimum Gasteiger partial charge on any atom is -0.588 e. The van der Waals surface area contributed by atoms with E-state index in [4.69, 9.17) is 4.42 Å². The van der Waals surface area contributed by atoms with Crippen molar-refractivity contribution in [1.82, 2.24) is 14.7 Å². The van der Waals surface area contributed by atoms with Crippen molar-refractivity contribution in [2.24, 2.45) is 0 Å². The van der Waals surface area contributed by atoms with Crippen LogP contribution in [0.1, 0.15) is 17.0 Å². The number of hydrogen-bond acceptors (Lipinski definition) is 6. The summed E-state index contributed by atoms with van der Waals surface area (Å²) in [6.45, 7) is 1.73. The van der Waals surface area contributed by atoms with E-state index in [0.29, 0.717) is 15.9 Å². The van der Waals surface area contributed by atoms with Crippen molar-refractivity contribution in [3.05, 3.63) is 60.4 Å². The molecule has 2 aromatic carbocycles. The Bertz CT molecular complexity index is 1240. The van der Waals surface area contributed by atoms with Crippen LogP contribution in [0.5, 0.6) is 0 Å². The minimum atomic E-state index is -1.88. The first-order valence-electron chi connectivity index (χ1n) is 9.01. The topological polar surface area (TPSA) is 94.3 Å². The van der Waals surface area contributed by atoms with E-state index in [-0.39, 0.29) is 16.7 Å². The molecule has 5 rings (SSSR count). The Kier molecular flexibility index (Phi) is 4.33. The van der Waals surface area contributed by atoms with Crippen molar-refractivity contribution in [1.29, 1.82) is 0 Å². The van der Waals surface area contributed by atoms with Gasteiger partial charge in [0.05, 0.1) is 10.9 Å². The fraction of sp³-hybridized carbons (Fsp3) is 0.150. The van der Waals surface area contributed by atoms with Gasteiger partial charge in [-0.25, -0.2) is 9.37 Å². The first-order chi connectivity index (χ1) is 14.1. The molecule has 1 N–H and O–H groups in total. The molecule has 1 saturated heterocycles. The molecule has 0 spiro atoms. The SMILES string of the molecule is O=C(N[S+]([O-])c1cccc2nccnc12)c1cc2c(F)cc(N3CCC3)cc2o1. The van der Waals surface area contributed by atoms with Gasteiger partial charge in [-0.3, -0.25) is 9.78 Å². The van der Waals surface area contributed by atoms with E-state index in [2.05, 4.69) is 14.7 Å². The van der Waals surface area contributed by atoms with E-state index in [9.17, 15) is 13.7 Å². The van der Waals surface area contributed by atoms with Crippen LogP contribution in [0.25, 0.3) is 22.0 Å². The molecule has 0 radical (unpaired) electrons. The molecule has 2 aromatic heterocycles. The Morgan fingerprint density at radius 1 is 1.21 bits per heavy atom. The van der Waals surface area contributed by atoms with Crippen molar-refractivity contribution in [2.45, 2.75) is 11.3 Å². The van der Waals surface area contributed by atoms with Crippen LogP contribution in [-0.2, 0) is 11.4 Å². The highest BCUT2D eigenvalue weighted by Crippen LogP contribution is 2.30. The number of halogens is 1. The van der Waals surface area contributed by atoms with E-state index in [0.717, 1.165) is 25.2 Å². The molecule has 29 heavy (non-hydrogen) atoms. The molecule has 1 unspecified atom stereocenters. The average Bonchev–Trinajstić information content (AvgIpc) is 3.11. The van der Waals surface area contributed by atoms with Gasteiger partial charge in [-0.1, -0.05) is 6.07 Å². The van der Waals surface area contributed by atoms with Crippen LogP contribution in [0.4, 0.5) is 10.1 Å². The number of rotatable bonds is 4. The fourth-order valence-corrected chi connectivity index (χ4v) is 4.17. The van der Waals surface area contributed by atoms with Crippen LogP contribution in [0.2, 0.25) is 0 Å². The number of hydrogen-bond donors (Lipinski definition) is 1. The molecular weight excluding hydrogens is 395 g/mol. The number of amides is 1.